The van der Waals surface area contributed by atoms with Crippen molar-refractivity contribution < 1.29 is 4.79 Å². The molecule has 1 spiro atoms. The molecule has 8 nitrogen and oxygen atoms in total. The van der Waals surface area contributed by atoms with Gasteiger partial charge in [-0.2, -0.15) is 5.21 Å². The molecular weight excluding hydrogens is 414 g/mol. The van der Waals surface area contributed by atoms with Crippen molar-refractivity contribution in [2.45, 2.75) is 63.6 Å². The second-order valence-corrected chi connectivity index (χ2v) is 9.04. The van der Waals surface area contributed by atoms with Crippen molar-refractivity contribution in [1.29, 1.82) is 0 Å². The van der Waals surface area contributed by atoms with Crippen LogP contribution in [0.4, 0.5) is 0 Å². The number of nitrogens with zero attached hydrogens (tertiary/aromatic N) is 5. The molecule has 8 heteroatoms. The molecule has 2 heterocycles. The number of nitrogens with two attached hydrogens (primary N) is 1. The van der Waals surface area contributed by atoms with E-state index in [1.165, 1.54) is 0 Å². The van der Waals surface area contributed by atoms with Crippen molar-refractivity contribution in [3.63, 3.8) is 0 Å². The highest BCUT2D eigenvalue weighted by atomic mass is 16.2. The summed E-state index contributed by atoms with van der Waals surface area (Å²) in [7, 11) is 0. The molecule has 2 atom stereocenters. The molecule has 5 rings (SSSR count). The Bertz CT molecular complexity index is 1160. The van der Waals surface area contributed by atoms with E-state index in [1.54, 1.807) is 0 Å². The maximum absolute atomic E-state index is 13.5. The van der Waals surface area contributed by atoms with Gasteiger partial charge >= 0.3 is 0 Å². The maximum Gasteiger partial charge on any atom is 0.256 e. The molecular formula is C25H29N7O. The number of tetrazole rings is 1. The maximum atomic E-state index is 13.5. The van der Waals surface area contributed by atoms with Crippen molar-refractivity contribution in [2.24, 2.45) is 10.7 Å². The highest BCUT2D eigenvalue weighted by Crippen LogP contribution is 2.40. The average molecular weight is 444 g/mol. The number of unbranched alkanes of at least 4 members (excludes halogenated alkanes) is 1. The Balaban J connectivity index is 1.38. The normalized spacial score (nSPS) is 22.4. The lowest BCUT2D eigenvalue weighted by molar-refractivity contribution is -0.131. The summed E-state index contributed by atoms with van der Waals surface area (Å²) in [6.45, 7) is 2.69. The van der Waals surface area contributed by atoms with Crippen LogP contribution in [0.25, 0.3) is 22.5 Å². The van der Waals surface area contributed by atoms with E-state index in [-0.39, 0.29) is 11.9 Å². The zero-order valence-electron chi connectivity index (χ0n) is 18.9. The molecule has 2 aromatic carbocycles. The van der Waals surface area contributed by atoms with Crippen molar-refractivity contribution in [3.05, 3.63) is 54.1 Å². The standard InChI is InChI=1S/C25H29N7O/c1-2-3-8-22-27-25(14-13-19(26)15-25)24(33)32(22)16-17-9-11-18(12-10-17)20-6-4-5-7-21(20)23-28-30-31-29-23/h4-7,9-12,19H,2-3,8,13-16,26H2,1H3,(H,28,29,30,31). The Kier molecular flexibility index (Phi) is 5.76. The van der Waals surface area contributed by atoms with E-state index in [0.29, 0.717) is 18.8 Å². The molecule has 1 amide bonds. The number of aromatic nitrogens is 4. The number of hydrogen-bond donors (Lipinski definition) is 2. The third-order valence-corrected chi connectivity index (χ3v) is 6.70. The molecule has 1 aliphatic heterocycles. The first-order valence-corrected chi connectivity index (χ1v) is 11.7. The summed E-state index contributed by atoms with van der Waals surface area (Å²) in [5.74, 6) is 1.60. The van der Waals surface area contributed by atoms with Gasteiger partial charge in [-0.15, -0.1) is 10.2 Å². The molecule has 3 N–H and O–H groups in total. The molecule has 0 saturated heterocycles. The van der Waals surface area contributed by atoms with Crippen molar-refractivity contribution in [3.8, 4) is 22.5 Å². The second-order valence-electron chi connectivity index (χ2n) is 9.04. The number of carbonyl (C=O) groups excluding carboxylic acids is 1. The van der Waals surface area contributed by atoms with Gasteiger partial charge in [0.25, 0.3) is 5.91 Å². The van der Waals surface area contributed by atoms with Crippen LogP contribution in [-0.4, -0.2) is 48.8 Å². The van der Waals surface area contributed by atoms with Crippen LogP contribution in [0.15, 0.2) is 53.5 Å². The van der Waals surface area contributed by atoms with Crippen LogP contribution < -0.4 is 5.73 Å². The van der Waals surface area contributed by atoms with E-state index in [0.717, 1.165) is 60.2 Å². The van der Waals surface area contributed by atoms with Gasteiger partial charge in [-0.3, -0.25) is 14.7 Å². The molecule has 1 saturated carbocycles. The highest BCUT2D eigenvalue weighted by Gasteiger charge is 2.51. The van der Waals surface area contributed by atoms with Crippen LogP contribution in [0.3, 0.4) is 0 Å². The van der Waals surface area contributed by atoms with Gasteiger partial charge in [0, 0.05) is 18.0 Å². The van der Waals surface area contributed by atoms with Crippen LogP contribution in [0.5, 0.6) is 0 Å². The first-order chi connectivity index (χ1) is 16.1. The Labute approximate surface area is 193 Å². The van der Waals surface area contributed by atoms with Gasteiger partial charge in [0.15, 0.2) is 0 Å². The number of amidine groups is 1. The van der Waals surface area contributed by atoms with Gasteiger partial charge in [0.2, 0.25) is 5.82 Å². The fraction of sp³-hybridized carbons (Fsp3) is 0.400. The van der Waals surface area contributed by atoms with Crippen LogP contribution >= 0.6 is 0 Å². The molecule has 1 aliphatic carbocycles. The van der Waals surface area contributed by atoms with Crippen LogP contribution in [0.2, 0.25) is 0 Å². The molecule has 3 aromatic rings. The Morgan fingerprint density at radius 3 is 2.61 bits per heavy atom. The summed E-state index contributed by atoms with van der Waals surface area (Å²) in [5.41, 5.74) is 9.62. The smallest absolute Gasteiger partial charge is 0.256 e. The highest BCUT2D eigenvalue weighted by molar-refractivity contribution is 6.08. The number of amides is 1. The van der Waals surface area contributed by atoms with Crippen molar-refractivity contribution in [1.82, 2.24) is 25.5 Å². The number of hydrogen-bond acceptors (Lipinski definition) is 6. The number of aromatic amines is 1. The van der Waals surface area contributed by atoms with Crippen molar-refractivity contribution in [2.75, 3.05) is 0 Å². The van der Waals surface area contributed by atoms with Gasteiger partial charge in [-0.1, -0.05) is 61.9 Å². The fourth-order valence-corrected chi connectivity index (χ4v) is 4.95. The molecule has 33 heavy (non-hydrogen) atoms. The van der Waals surface area contributed by atoms with E-state index >= 15 is 0 Å². The molecule has 2 aliphatic rings. The lowest BCUT2D eigenvalue weighted by Gasteiger charge is -2.23. The molecule has 2 unspecified atom stereocenters. The zero-order chi connectivity index (χ0) is 22.8. The summed E-state index contributed by atoms with van der Waals surface area (Å²) in [5, 5.41) is 14.5. The van der Waals surface area contributed by atoms with Gasteiger partial charge in [-0.05, 0) is 47.6 Å². The first kappa shape index (κ1) is 21.5. The quantitative estimate of drug-likeness (QED) is 0.578. The molecule has 0 radical (unpaired) electrons. The predicted molar refractivity (Wildman–Crippen MR) is 127 cm³/mol. The Morgan fingerprint density at radius 2 is 1.94 bits per heavy atom. The summed E-state index contributed by atoms with van der Waals surface area (Å²) < 4.78 is 0. The van der Waals surface area contributed by atoms with Crippen LogP contribution in [0.1, 0.15) is 51.0 Å². The largest absolute Gasteiger partial charge is 0.328 e. The third-order valence-electron chi connectivity index (χ3n) is 6.70. The minimum Gasteiger partial charge on any atom is -0.328 e. The van der Waals surface area contributed by atoms with Crippen molar-refractivity contribution >= 4 is 11.7 Å². The monoisotopic (exact) mass is 443 g/mol. The van der Waals surface area contributed by atoms with E-state index in [1.807, 2.05) is 29.2 Å². The predicted octanol–water partition coefficient (Wildman–Crippen LogP) is 3.71. The van der Waals surface area contributed by atoms with Gasteiger partial charge in [0.1, 0.15) is 11.4 Å². The Hall–Kier alpha value is -3.39. The van der Waals surface area contributed by atoms with E-state index < -0.39 is 5.54 Å². The number of aliphatic imine (C=N–C) groups is 1. The summed E-state index contributed by atoms with van der Waals surface area (Å²) >= 11 is 0. The second kappa shape index (κ2) is 8.86. The minimum atomic E-state index is -0.633. The van der Waals surface area contributed by atoms with Gasteiger partial charge in [0.05, 0.1) is 6.54 Å². The molecule has 0 bridgehead atoms. The van der Waals surface area contributed by atoms with Gasteiger partial charge < -0.3 is 5.73 Å². The molecule has 1 fully saturated rings. The number of carbonyl (C=O) groups is 1. The molecule has 1 aromatic heterocycles. The SMILES string of the molecule is CCCCC1=NC2(CCC(N)C2)C(=O)N1Cc1ccc(-c2ccccc2-c2nn[nH]n2)cc1. The van der Waals surface area contributed by atoms with Gasteiger partial charge in [-0.25, -0.2) is 0 Å². The lowest BCUT2D eigenvalue weighted by atomic mass is 9.97. The summed E-state index contributed by atoms with van der Waals surface area (Å²) in [4.78, 5) is 20.3. The number of benzene rings is 2. The van der Waals surface area contributed by atoms with E-state index in [9.17, 15) is 4.79 Å². The number of nitrogens with one attached hydrogen (secondary N) is 1. The van der Waals surface area contributed by atoms with Crippen LogP contribution in [-0.2, 0) is 11.3 Å². The minimum absolute atomic E-state index is 0.0589. The first-order valence-electron chi connectivity index (χ1n) is 11.7. The molecule has 170 valence electrons. The average Bonchev–Trinajstić information content (AvgIpc) is 3.56. The number of rotatable bonds is 7. The van der Waals surface area contributed by atoms with E-state index in [4.69, 9.17) is 10.7 Å². The number of H-pyrrole nitrogens is 1. The zero-order valence-corrected chi connectivity index (χ0v) is 18.9. The lowest BCUT2D eigenvalue weighted by Crippen LogP contribution is -2.41. The fourth-order valence-electron chi connectivity index (χ4n) is 4.95. The van der Waals surface area contributed by atoms with E-state index in [2.05, 4.69) is 51.8 Å². The topological polar surface area (TPSA) is 113 Å². The third kappa shape index (κ3) is 4.06. The van der Waals surface area contributed by atoms with Crippen LogP contribution in [0, 0.1) is 0 Å². The summed E-state index contributed by atoms with van der Waals surface area (Å²) in [6.07, 6.45) is 5.20. The summed E-state index contributed by atoms with van der Waals surface area (Å²) in [6, 6.07) is 16.4. The Morgan fingerprint density at radius 1 is 1.15 bits per heavy atom.